The van der Waals surface area contributed by atoms with Gasteiger partial charge in [-0.05, 0) is 67.4 Å². The van der Waals surface area contributed by atoms with Gasteiger partial charge in [0, 0.05) is 88.7 Å². The van der Waals surface area contributed by atoms with Crippen LogP contribution in [-0.4, -0.2) is 162 Å². The Labute approximate surface area is 380 Å². The Morgan fingerprint density at radius 3 is 2.55 bits per heavy atom. The molecule has 348 valence electrons. The molecule has 2 amide bonds. The van der Waals surface area contributed by atoms with E-state index in [0.29, 0.717) is 94.8 Å². The van der Waals surface area contributed by atoms with E-state index >= 15 is 0 Å². The zero-order valence-electron chi connectivity index (χ0n) is 37.0. The van der Waals surface area contributed by atoms with Crippen LogP contribution in [0.3, 0.4) is 0 Å². The van der Waals surface area contributed by atoms with E-state index in [1.807, 2.05) is 30.5 Å². The van der Waals surface area contributed by atoms with Crippen molar-refractivity contribution in [3.05, 3.63) is 71.1 Å². The van der Waals surface area contributed by atoms with Gasteiger partial charge in [0.15, 0.2) is 17.4 Å². The van der Waals surface area contributed by atoms with E-state index < -0.39 is 11.6 Å². The van der Waals surface area contributed by atoms with Crippen LogP contribution in [0, 0.1) is 23.7 Å². The molecule has 7 heterocycles. The number of aryl methyl sites for hydroxylation is 1. The van der Waals surface area contributed by atoms with Gasteiger partial charge in [-0.1, -0.05) is 0 Å². The predicted octanol–water partition coefficient (Wildman–Crippen LogP) is 4.52. The van der Waals surface area contributed by atoms with Gasteiger partial charge < -0.3 is 47.9 Å². The van der Waals surface area contributed by atoms with Crippen molar-refractivity contribution in [1.29, 1.82) is 0 Å². The first-order chi connectivity index (χ1) is 31.6. The van der Waals surface area contributed by atoms with Crippen molar-refractivity contribution in [2.75, 3.05) is 92.0 Å². The van der Waals surface area contributed by atoms with Crippen molar-refractivity contribution in [1.82, 2.24) is 39.6 Å². The van der Waals surface area contributed by atoms with Crippen LogP contribution in [0.4, 0.5) is 8.78 Å². The molecule has 0 bridgehead atoms. The van der Waals surface area contributed by atoms with Gasteiger partial charge in [0.1, 0.15) is 36.9 Å². The maximum atomic E-state index is 13.9. The van der Waals surface area contributed by atoms with E-state index in [0.717, 1.165) is 59.8 Å². The van der Waals surface area contributed by atoms with Crippen LogP contribution in [0.15, 0.2) is 52.5 Å². The molecule has 3 saturated heterocycles. The molecule has 1 aromatic carbocycles. The Morgan fingerprint density at radius 2 is 1.74 bits per heavy atom. The minimum absolute atomic E-state index is 0.0388. The normalized spacial score (nSPS) is 20.0. The van der Waals surface area contributed by atoms with E-state index in [9.17, 15) is 18.4 Å². The fourth-order valence-corrected chi connectivity index (χ4v) is 9.34. The minimum Gasteiger partial charge on any atom is -0.489 e. The Balaban J connectivity index is 0.669. The first-order valence-electron chi connectivity index (χ1n) is 22.2. The van der Waals surface area contributed by atoms with E-state index in [4.69, 9.17) is 28.2 Å². The maximum absolute atomic E-state index is 13.9. The summed E-state index contributed by atoms with van der Waals surface area (Å²) in [4.78, 5) is 39.4. The third-order valence-corrected chi connectivity index (χ3v) is 12.9. The predicted molar refractivity (Wildman–Crippen MR) is 239 cm³/mol. The van der Waals surface area contributed by atoms with Crippen LogP contribution in [-0.2, 0) is 32.6 Å². The van der Waals surface area contributed by atoms with Crippen molar-refractivity contribution in [2.24, 2.45) is 7.05 Å². The van der Waals surface area contributed by atoms with Gasteiger partial charge in [0.25, 0.3) is 11.8 Å². The minimum atomic E-state index is -0.966. The number of likely N-dealkylation sites (tertiary alicyclic amines) is 1. The number of nitrogens with one attached hydrogen (secondary N) is 1. The van der Waals surface area contributed by atoms with Gasteiger partial charge in [0.2, 0.25) is 5.91 Å². The summed E-state index contributed by atoms with van der Waals surface area (Å²) < 4.78 is 64.8. The number of fused-ring (bicyclic) bond motifs is 2. The van der Waals surface area contributed by atoms with Crippen LogP contribution in [0.5, 0.6) is 11.6 Å². The molecule has 0 saturated carbocycles. The van der Waals surface area contributed by atoms with Gasteiger partial charge in [0.05, 0.1) is 61.3 Å². The fraction of sp³-hybridized carbons (Fsp3) is 0.522. The lowest BCUT2D eigenvalue weighted by molar-refractivity contribution is -0.137. The van der Waals surface area contributed by atoms with Crippen LogP contribution in [0.25, 0.3) is 21.1 Å². The third kappa shape index (κ3) is 11.7. The molecule has 5 aromatic rings. The lowest BCUT2D eigenvalue weighted by Crippen LogP contribution is -2.60. The molecule has 4 aromatic heterocycles. The second kappa shape index (κ2) is 21.8. The number of carbonyl (C=O) groups is 2. The van der Waals surface area contributed by atoms with Gasteiger partial charge >= 0.3 is 0 Å². The SMILES string of the molecule is C[C@@H]1CN(CC(=O)N2CCN(C(=O)c3cc4cc(F)c(F)cc4n3C)C[C@H]2C)C(C#COCCOCCOCCOc2cc(CN3CCC(Oc4ccnc5ccsc45)CC3)on2)CN1. The number of aromatic nitrogens is 3. The molecular weight excluding hydrogens is 863 g/mol. The second-order valence-corrected chi connectivity index (χ2v) is 17.6. The molecule has 0 radical (unpaired) electrons. The zero-order chi connectivity index (χ0) is 45.3. The second-order valence-electron chi connectivity index (χ2n) is 16.7. The Hall–Kier alpha value is -5.36. The number of benzene rings is 1. The molecule has 3 aliphatic rings. The molecule has 8 rings (SSSR count). The summed E-state index contributed by atoms with van der Waals surface area (Å²) >= 11 is 1.66. The van der Waals surface area contributed by atoms with E-state index in [1.54, 1.807) is 45.0 Å². The monoisotopic (exact) mass is 918 g/mol. The molecule has 3 fully saturated rings. The summed E-state index contributed by atoms with van der Waals surface area (Å²) in [6.45, 7) is 11.0. The number of amides is 2. The topological polar surface area (TPSA) is 149 Å². The Bertz CT molecular complexity index is 2460. The number of rotatable bonds is 17. The summed E-state index contributed by atoms with van der Waals surface area (Å²) in [5.41, 5.74) is 1.74. The van der Waals surface area contributed by atoms with Gasteiger partial charge in [-0.15, -0.1) is 11.3 Å². The summed E-state index contributed by atoms with van der Waals surface area (Å²) in [7, 11) is 1.66. The number of thiophene rings is 1. The van der Waals surface area contributed by atoms with Gasteiger partial charge in [-0.3, -0.25) is 24.4 Å². The first kappa shape index (κ1) is 46.2. The lowest BCUT2D eigenvalue weighted by atomic mass is 10.1. The lowest BCUT2D eigenvalue weighted by Gasteiger charge is -2.42. The van der Waals surface area contributed by atoms with Crippen molar-refractivity contribution in [2.45, 2.75) is 57.5 Å². The number of nitrogens with zero attached hydrogens (tertiary/aromatic N) is 7. The standard InChI is InChI=1S/C46H56F2N8O8S/c1-31-27-55(30-44(57)56-13-12-54(28-32(56)2)46(58)41-23-33-22-37(47)38(48)25-40(33)52(41)3)34(26-50-31)7-14-59-15-16-60-17-18-61-19-20-62-43-24-36(64-51-43)29-53-10-5-35(6-11-53)63-42-4-9-49-39-8-21-65-45(39)42/h4,8-9,21-25,31-32,34-35,50H,5-6,10-13,15-20,26-30H2,1-3H3/t31-,32-,34?/m1/s1. The number of carbonyl (C=O) groups excluding carboxylic acids is 2. The highest BCUT2D eigenvalue weighted by Gasteiger charge is 2.34. The summed E-state index contributed by atoms with van der Waals surface area (Å²) in [6, 6.07) is 9.28. The number of hydrogen-bond donors (Lipinski definition) is 1. The van der Waals surface area contributed by atoms with Crippen molar-refractivity contribution >= 4 is 44.3 Å². The Kier molecular flexibility index (Phi) is 15.5. The maximum Gasteiger partial charge on any atom is 0.270 e. The summed E-state index contributed by atoms with van der Waals surface area (Å²) in [6.07, 6.45) is 6.63. The number of halogens is 2. The Morgan fingerprint density at radius 1 is 0.954 bits per heavy atom. The molecule has 0 aliphatic carbocycles. The van der Waals surface area contributed by atoms with Gasteiger partial charge in [-0.2, -0.15) is 0 Å². The van der Waals surface area contributed by atoms with Crippen LogP contribution in [0.1, 0.15) is 42.9 Å². The largest absolute Gasteiger partial charge is 0.489 e. The number of piperidine rings is 1. The fourth-order valence-electron chi connectivity index (χ4n) is 8.53. The quantitative estimate of drug-likeness (QED) is 0.103. The number of ether oxygens (including phenoxy) is 5. The molecule has 19 heteroatoms. The average molecular weight is 919 g/mol. The highest BCUT2D eigenvalue weighted by atomic mass is 32.1. The van der Waals surface area contributed by atoms with Crippen LogP contribution in [0.2, 0.25) is 0 Å². The summed E-state index contributed by atoms with van der Waals surface area (Å²) in [5.74, 6) is 3.03. The van der Waals surface area contributed by atoms with Crippen molar-refractivity contribution in [3.8, 4) is 23.7 Å². The first-order valence-corrected chi connectivity index (χ1v) is 23.1. The number of pyridine rings is 1. The molecular formula is C46H56F2N8O8S. The smallest absolute Gasteiger partial charge is 0.270 e. The van der Waals surface area contributed by atoms with Crippen LogP contribution >= 0.6 is 11.3 Å². The van der Waals surface area contributed by atoms with E-state index in [1.165, 1.54) is 0 Å². The molecule has 3 aliphatic heterocycles. The third-order valence-electron chi connectivity index (χ3n) is 12.0. The summed E-state index contributed by atoms with van der Waals surface area (Å²) in [5, 5.41) is 9.97. The molecule has 1 unspecified atom stereocenters. The van der Waals surface area contributed by atoms with Gasteiger partial charge in [-0.25, -0.2) is 8.78 Å². The van der Waals surface area contributed by atoms with Crippen molar-refractivity contribution < 1.29 is 46.6 Å². The molecule has 1 N–H and O–H groups in total. The zero-order valence-corrected chi connectivity index (χ0v) is 37.8. The molecule has 3 atom stereocenters. The molecule has 0 spiro atoms. The van der Waals surface area contributed by atoms with Crippen LogP contribution < -0.4 is 14.8 Å². The number of piperazine rings is 2. The van der Waals surface area contributed by atoms with Crippen molar-refractivity contribution in [3.63, 3.8) is 0 Å². The highest BCUT2D eigenvalue weighted by molar-refractivity contribution is 7.17. The average Bonchev–Trinajstić information content (AvgIpc) is 4.05. The van der Waals surface area contributed by atoms with E-state index in [-0.39, 0.29) is 49.2 Å². The van der Waals surface area contributed by atoms with E-state index in [2.05, 4.69) is 44.2 Å². The molecule has 16 nitrogen and oxygen atoms in total. The number of hydrogen-bond acceptors (Lipinski definition) is 14. The highest BCUT2D eigenvalue weighted by Crippen LogP contribution is 2.31. The molecule has 65 heavy (non-hydrogen) atoms.